The summed E-state index contributed by atoms with van der Waals surface area (Å²) in [6.07, 6.45) is -0.352. The highest BCUT2D eigenvalue weighted by molar-refractivity contribution is 5.64. The molecule has 0 heterocycles. The Morgan fingerprint density at radius 1 is 1.43 bits per heavy atom. The molecule has 1 amide bonds. The van der Waals surface area contributed by atoms with Gasteiger partial charge in [-0.1, -0.05) is 30.3 Å². The van der Waals surface area contributed by atoms with E-state index in [0.29, 0.717) is 6.42 Å². The SMILES string of the molecule is N[C@H](CNC(=O)O)Cc1ccccc1. The van der Waals surface area contributed by atoms with Crippen LogP contribution in [0.3, 0.4) is 0 Å². The Kier molecular flexibility index (Phi) is 3.94. The van der Waals surface area contributed by atoms with Crippen LogP contribution in [0.1, 0.15) is 5.56 Å². The van der Waals surface area contributed by atoms with Crippen molar-refractivity contribution in [2.75, 3.05) is 6.54 Å². The van der Waals surface area contributed by atoms with Crippen LogP contribution in [-0.2, 0) is 6.42 Å². The van der Waals surface area contributed by atoms with Gasteiger partial charge in [0, 0.05) is 12.6 Å². The Bertz CT molecular complexity index is 287. The monoisotopic (exact) mass is 194 g/mol. The highest BCUT2D eigenvalue weighted by Crippen LogP contribution is 2.00. The maximum absolute atomic E-state index is 10.2. The number of rotatable bonds is 4. The van der Waals surface area contributed by atoms with Crippen LogP contribution in [0.2, 0.25) is 0 Å². The zero-order valence-corrected chi connectivity index (χ0v) is 7.81. The molecule has 0 aliphatic heterocycles. The summed E-state index contributed by atoms with van der Waals surface area (Å²) in [5.74, 6) is 0. The van der Waals surface area contributed by atoms with Crippen LogP contribution in [0, 0.1) is 0 Å². The molecule has 0 bridgehead atoms. The number of hydrogen-bond acceptors (Lipinski definition) is 2. The molecule has 0 spiro atoms. The first kappa shape index (κ1) is 10.5. The maximum atomic E-state index is 10.2. The van der Waals surface area contributed by atoms with Gasteiger partial charge in [0.15, 0.2) is 0 Å². The van der Waals surface area contributed by atoms with E-state index in [2.05, 4.69) is 5.32 Å². The molecule has 1 rings (SSSR count). The van der Waals surface area contributed by atoms with Crippen LogP contribution in [0.4, 0.5) is 4.79 Å². The maximum Gasteiger partial charge on any atom is 0.404 e. The van der Waals surface area contributed by atoms with Gasteiger partial charge in [0.05, 0.1) is 0 Å². The van der Waals surface area contributed by atoms with Crippen LogP contribution >= 0.6 is 0 Å². The van der Waals surface area contributed by atoms with Crippen LogP contribution in [0.15, 0.2) is 30.3 Å². The van der Waals surface area contributed by atoms with Crippen molar-refractivity contribution in [3.63, 3.8) is 0 Å². The van der Waals surface area contributed by atoms with Crippen LogP contribution in [0.5, 0.6) is 0 Å². The van der Waals surface area contributed by atoms with E-state index in [-0.39, 0.29) is 12.6 Å². The van der Waals surface area contributed by atoms with Crippen molar-refractivity contribution in [2.45, 2.75) is 12.5 Å². The number of nitrogens with two attached hydrogens (primary N) is 1. The molecule has 0 aromatic heterocycles. The molecule has 0 aliphatic carbocycles. The Morgan fingerprint density at radius 3 is 2.64 bits per heavy atom. The predicted octanol–water partition coefficient (Wildman–Crippen LogP) is 0.824. The van der Waals surface area contributed by atoms with E-state index in [1.54, 1.807) is 0 Å². The second kappa shape index (κ2) is 5.24. The van der Waals surface area contributed by atoms with Gasteiger partial charge < -0.3 is 16.2 Å². The highest BCUT2D eigenvalue weighted by atomic mass is 16.4. The predicted molar refractivity (Wildman–Crippen MR) is 54.1 cm³/mol. The van der Waals surface area contributed by atoms with E-state index in [1.165, 1.54) is 0 Å². The largest absolute Gasteiger partial charge is 0.465 e. The second-order valence-electron chi connectivity index (χ2n) is 3.14. The quantitative estimate of drug-likeness (QED) is 0.664. The second-order valence-corrected chi connectivity index (χ2v) is 3.14. The summed E-state index contributed by atoms with van der Waals surface area (Å²) in [7, 11) is 0. The summed E-state index contributed by atoms with van der Waals surface area (Å²) >= 11 is 0. The van der Waals surface area contributed by atoms with Gasteiger partial charge in [-0.25, -0.2) is 4.79 Å². The third kappa shape index (κ3) is 3.91. The number of amides is 1. The molecular weight excluding hydrogens is 180 g/mol. The molecule has 1 atom stereocenters. The zero-order chi connectivity index (χ0) is 10.4. The number of hydrogen-bond donors (Lipinski definition) is 3. The van der Waals surface area contributed by atoms with Crippen LogP contribution in [-0.4, -0.2) is 23.8 Å². The molecule has 0 saturated heterocycles. The number of benzene rings is 1. The minimum absolute atomic E-state index is 0.173. The Balaban J connectivity index is 2.34. The average molecular weight is 194 g/mol. The van der Waals surface area contributed by atoms with Gasteiger partial charge >= 0.3 is 6.09 Å². The van der Waals surface area contributed by atoms with E-state index in [4.69, 9.17) is 10.8 Å². The summed E-state index contributed by atoms with van der Waals surface area (Å²) in [5.41, 5.74) is 6.85. The van der Waals surface area contributed by atoms with E-state index < -0.39 is 6.09 Å². The average Bonchev–Trinajstić information content (AvgIpc) is 2.16. The van der Waals surface area contributed by atoms with Crippen molar-refractivity contribution >= 4 is 6.09 Å². The molecule has 4 nitrogen and oxygen atoms in total. The third-order valence-corrected chi connectivity index (χ3v) is 1.86. The summed E-state index contributed by atoms with van der Waals surface area (Å²) in [6, 6.07) is 9.58. The molecule has 0 saturated carbocycles. The fourth-order valence-electron chi connectivity index (χ4n) is 1.21. The van der Waals surface area contributed by atoms with Crippen molar-refractivity contribution < 1.29 is 9.90 Å². The first-order chi connectivity index (χ1) is 6.68. The number of carboxylic acid groups (broad SMARTS) is 1. The standard InChI is InChI=1S/C10H14N2O2/c11-9(7-12-10(13)14)6-8-4-2-1-3-5-8/h1-5,9,12H,6-7,11H2,(H,13,14)/t9-/m0/s1. The molecule has 14 heavy (non-hydrogen) atoms. The van der Waals surface area contributed by atoms with Gasteiger partial charge in [0.25, 0.3) is 0 Å². The smallest absolute Gasteiger partial charge is 0.404 e. The lowest BCUT2D eigenvalue weighted by Gasteiger charge is -2.10. The molecule has 4 heteroatoms. The molecule has 0 aliphatic rings. The lowest BCUT2D eigenvalue weighted by Crippen LogP contribution is -2.37. The lowest BCUT2D eigenvalue weighted by molar-refractivity contribution is 0.193. The number of carbonyl (C=O) groups is 1. The topological polar surface area (TPSA) is 75.3 Å². The lowest BCUT2D eigenvalue weighted by atomic mass is 10.1. The van der Waals surface area contributed by atoms with Crippen LogP contribution in [0.25, 0.3) is 0 Å². The van der Waals surface area contributed by atoms with Gasteiger partial charge in [-0.15, -0.1) is 0 Å². The van der Waals surface area contributed by atoms with Crippen molar-refractivity contribution in [1.82, 2.24) is 5.32 Å². The normalized spacial score (nSPS) is 12.1. The van der Waals surface area contributed by atoms with Gasteiger partial charge in [-0.3, -0.25) is 0 Å². The fourth-order valence-corrected chi connectivity index (χ4v) is 1.21. The zero-order valence-electron chi connectivity index (χ0n) is 7.81. The van der Waals surface area contributed by atoms with Gasteiger partial charge in [0.2, 0.25) is 0 Å². The summed E-state index contributed by atoms with van der Waals surface area (Å²) < 4.78 is 0. The first-order valence-corrected chi connectivity index (χ1v) is 4.45. The Hall–Kier alpha value is -1.55. The highest BCUT2D eigenvalue weighted by Gasteiger charge is 2.04. The van der Waals surface area contributed by atoms with E-state index in [9.17, 15) is 4.79 Å². The van der Waals surface area contributed by atoms with E-state index in [1.807, 2.05) is 30.3 Å². The van der Waals surface area contributed by atoms with Gasteiger partial charge in [0.1, 0.15) is 0 Å². The van der Waals surface area contributed by atoms with E-state index in [0.717, 1.165) is 5.56 Å². The van der Waals surface area contributed by atoms with E-state index >= 15 is 0 Å². The van der Waals surface area contributed by atoms with Crippen LogP contribution < -0.4 is 11.1 Å². The molecule has 0 unspecified atom stereocenters. The van der Waals surface area contributed by atoms with Crippen molar-refractivity contribution in [3.8, 4) is 0 Å². The van der Waals surface area contributed by atoms with Gasteiger partial charge in [-0.2, -0.15) is 0 Å². The molecule has 0 radical (unpaired) electrons. The minimum atomic E-state index is -1.03. The summed E-state index contributed by atoms with van der Waals surface area (Å²) in [6.45, 7) is 0.282. The Labute approximate surface area is 82.7 Å². The molecule has 76 valence electrons. The van der Waals surface area contributed by atoms with Crippen molar-refractivity contribution in [2.24, 2.45) is 5.73 Å². The molecule has 1 aromatic carbocycles. The molecule has 1 aromatic rings. The van der Waals surface area contributed by atoms with Gasteiger partial charge in [-0.05, 0) is 12.0 Å². The molecule has 0 fully saturated rings. The molecular formula is C10H14N2O2. The first-order valence-electron chi connectivity index (χ1n) is 4.45. The summed E-state index contributed by atoms with van der Waals surface area (Å²) in [4.78, 5) is 10.2. The number of nitrogens with one attached hydrogen (secondary N) is 1. The van der Waals surface area contributed by atoms with Crippen molar-refractivity contribution in [3.05, 3.63) is 35.9 Å². The Morgan fingerprint density at radius 2 is 2.07 bits per heavy atom. The van der Waals surface area contributed by atoms with Crippen molar-refractivity contribution in [1.29, 1.82) is 0 Å². The minimum Gasteiger partial charge on any atom is -0.465 e. The third-order valence-electron chi connectivity index (χ3n) is 1.86. The molecule has 4 N–H and O–H groups in total. The summed E-state index contributed by atoms with van der Waals surface area (Å²) in [5, 5.41) is 10.6. The fraction of sp³-hybridized carbons (Fsp3) is 0.300.